The summed E-state index contributed by atoms with van der Waals surface area (Å²) >= 11 is 0. The van der Waals surface area contributed by atoms with Crippen LogP contribution in [0.5, 0.6) is 0 Å². The van der Waals surface area contributed by atoms with Crippen molar-refractivity contribution < 1.29 is 26.7 Å². The molecule has 2 aliphatic heterocycles. The van der Waals surface area contributed by atoms with Gasteiger partial charge in [0, 0.05) is 25.6 Å². The van der Waals surface area contributed by atoms with Crippen LogP contribution in [0, 0.1) is 23.7 Å². The van der Waals surface area contributed by atoms with Crippen LogP contribution in [0.4, 0.5) is 11.4 Å². The first kappa shape index (κ1) is 25.1. The molecule has 2 saturated carbocycles. The zero-order valence-electron chi connectivity index (χ0n) is 20.8. The normalized spacial score (nSPS) is 28.6. The van der Waals surface area contributed by atoms with Crippen LogP contribution >= 0.6 is 0 Å². The predicted molar refractivity (Wildman–Crippen MR) is 137 cm³/mol. The van der Waals surface area contributed by atoms with Crippen molar-refractivity contribution in [1.82, 2.24) is 4.90 Å². The van der Waals surface area contributed by atoms with Gasteiger partial charge in [0.1, 0.15) is 16.2 Å². The summed E-state index contributed by atoms with van der Waals surface area (Å²) in [7, 11) is -6.55. The van der Waals surface area contributed by atoms with E-state index in [0.29, 0.717) is 18.4 Å². The summed E-state index contributed by atoms with van der Waals surface area (Å²) in [4.78, 5) is 15.4. The summed E-state index contributed by atoms with van der Waals surface area (Å²) in [5.41, 5.74) is 0.252. The lowest BCUT2D eigenvalue weighted by Crippen LogP contribution is -2.54. The molecular weight excluding hydrogens is 504 g/mol. The highest BCUT2D eigenvalue weighted by Gasteiger charge is 2.57. The van der Waals surface area contributed by atoms with Crippen LogP contribution < -0.4 is 9.62 Å². The van der Waals surface area contributed by atoms with Crippen LogP contribution in [0.25, 0.3) is 0 Å². The maximum absolute atomic E-state index is 13.8. The topological polar surface area (TPSA) is 136 Å². The van der Waals surface area contributed by atoms with E-state index >= 15 is 0 Å². The fraction of sp³-hybridized carbons (Fsp3) is 0.583. The Hall–Kier alpha value is -2.60. The molecule has 2 unspecified atom stereocenters. The molecule has 0 spiro atoms. The van der Waals surface area contributed by atoms with Crippen molar-refractivity contribution in [3.8, 4) is 0 Å². The second-order valence-corrected chi connectivity index (χ2v) is 14.3. The van der Waals surface area contributed by atoms with Crippen LogP contribution in [-0.4, -0.2) is 64.5 Å². The molecule has 12 heteroatoms. The Bertz CT molecular complexity index is 1400. The number of nitrogens with zero attached hydrogens (tertiary/aromatic N) is 3. The number of aliphatic hydroxyl groups is 1. The van der Waals surface area contributed by atoms with Gasteiger partial charge in [-0.05, 0) is 61.6 Å². The number of nitrogens with one attached hydrogen (secondary N) is 1. The predicted octanol–water partition coefficient (Wildman–Crippen LogP) is 2.71. The summed E-state index contributed by atoms with van der Waals surface area (Å²) in [6.07, 6.45) is 4.79. The summed E-state index contributed by atoms with van der Waals surface area (Å²) in [5, 5.41) is 14.3. The minimum atomic E-state index is -4.28. The molecule has 1 aromatic carbocycles. The van der Waals surface area contributed by atoms with Crippen molar-refractivity contribution in [3.63, 3.8) is 0 Å². The minimum Gasteiger partial charge on any atom is -0.511 e. The molecule has 196 valence electrons. The lowest BCUT2D eigenvalue weighted by Gasteiger charge is -2.44. The van der Waals surface area contributed by atoms with E-state index in [0.717, 1.165) is 36.2 Å². The molecule has 4 atom stereocenters. The van der Waals surface area contributed by atoms with Crippen LogP contribution in [0.2, 0.25) is 0 Å². The number of anilines is 2. The first-order valence-electron chi connectivity index (χ1n) is 12.2. The van der Waals surface area contributed by atoms with Gasteiger partial charge in [0.2, 0.25) is 10.0 Å². The first-order valence-corrected chi connectivity index (χ1v) is 15.5. The van der Waals surface area contributed by atoms with Crippen molar-refractivity contribution in [2.75, 3.05) is 29.5 Å². The van der Waals surface area contributed by atoms with E-state index in [1.54, 1.807) is 0 Å². The highest BCUT2D eigenvalue weighted by Crippen LogP contribution is 2.55. The molecule has 4 aliphatic rings. The molecule has 10 nitrogen and oxygen atoms in total. The molecule has 2 aliphatic carbocycles. The summed E-state index contributed by atoms with van der Waals surface area (Å²) in [6, 6.07) is 4.08. The zero-order chi connectivity index (χ0) is 26.2. The molecular formula is C24H32N4O6S2. The van der Waals surface area contributed by atoms with Crippen molar-refractivity contribution in [3.05, 3.63) is 29.5 Å². The Balaban J connectivity index is 1.56. The lowest BCUT2D eigenvalue weighted by molar-refractivity contribution is -0.133. The monoisotopic (exact) mass is 536 g/mol. The van der Waals surface area contributed by atoms with E-state index in [-0.39, 0.29) is 51.3 Å². The number of hydrogen-bond acceptors (Lipinski definition) is 7. The zero-order valence-corrected chi connectivity index (χ0v) is 22.4. The minimum absolute atomic E-state index is 0.0686. The maximum Gasteiger partial charge on any atom is 0.286 e. The second kappa shape index (κ2) is 8.47. The number of hydrogen-bond donors (Lipinski definition) is 2. The standard InChI is InChI=1S/C24H32N4O6S2/c1-13(2)9-10-28-21-15-6-5-14(11-15)19(21)22(29)20(24(28)30)23-25-17-8-7-16(27(3)35(4,31)32)12-18(17)36(33,34)26-23/h7-8,12-15,19,21,29H,5-6,9-11H2,1-4H3,(H,25,26)/t14-,15+,19?,21?/m1/s1. The summed E-state index contributed by atoms with van der Waals surface area (Å²) in [6.45, 7) is 4.72. The van der Waals surface area contributed by atoms with E-state index < -0.39 is 26.0 Å². The average Bonchev–Trinajstić information content (AvgIpc) is 3.39. The van der Waals surface area contributed by atoms with Gasteiger partial charge in [-0.1, -0.05) is 13.8 Å². The maximum atomic E-state index is 13.8. The number of carbonyl (C=O) groups excluding carboxylic acids is 1. The third kappa shape index (κ3) is 3.98. The van der Waals surface area contributed by atoms with E-state index in [9.17, 15) is 26.7 Å². The van der Waals surface area contributed by atoms with Crippen molar-refractivity contribution >= 4 is 43.2 Å². The smallest absolute Gasteiger partial charge is 0.286 e. The van der Waals surface area contributed by atoms with Crippen LogP contribution in [0.15, 0.2) is 38.8 Å². The summed E-state index contributed by atoms with van der Waals surface area (Å²) in [5.74, 6) is 0.0988. The van der Waals surface area contributed by atoms with Crippen molar-refractivity contribution in [1.29, 1.82) is 0 Å². The molecule has 36 heavy (non-hydrogen) atoms. The number of aliphatic hydroxyl groups excluding tert-OH is 1. The summed E-state index contributed by atoms with van der Waals surface area (Å²) < 4.78 is 55.1. The van der Waals surface area contributed by atoms with E-state index in [1.807, 2.05) is 4.90 Å². The quantitative estimate of drug-likeness (QED) is 0.570. The number of fused-ring (bicyclic) bond motifs is 6. The molecule has 0 saturated heterocycles. The SMILES string of the molecule is CC(C)CCN1C(=O)C(C2=NS(=O)(=O)c3cc(N(C)S(C)(=O)=O)ccc3N2)=C(O)C2C1[C@H]1CC[C@@H]2C1. The molecule has 5 rings (SSSR count). The van der Waals surface area contributed by atoms with Crippen molar-refractivity contribution in [2.45, 2.75) is 50.5 Å². The number of rotatable bonds is 6. The Morgan fingerprint density at radius 2 is 1.94 bits per heavy atom. The molecule has 2 heterocycles. The fourth-order valence-corrected chi connectivity index (χ4v) is 7.80. The lowest BCUT2D eigenvalue weighted by atomic mass is 9.77. The van der Waals surface area contributed by atoms with Gasteiger partial charge in [0.25, 0.3) is 15.9 Å². The Kier molecular flexibility index (Phi) is 5.90. The third-order valence-electron chi connectivity index (χ3n) is 8.03. The molecule has 1 amide bonds. The van der Waals surface area contributed by atoms with Gasteiger partial charge in [0.05, 0.1) is 17.6 Å². The highest BCUT2D eigenvalue weighted by atomic mass is 32.2. The van der Waals surface area contributed by atoms with Gasteiger partial charge in [-0.2, -0.15) is 8.42 Å². The Labute approximate surface area is 212 Å². The van der Waals surface area contributed by atoms with Gasteiger partial charge in [0.15, 0.2) is 5.84 Å². The van der Waals surface area contributed by atoms with E-state index in [2.05, 4.69) is 23.6 Å². The van der Waals surface area contributed by atoms with Gasteiger partial charge in [-0.15, -0.1) is 4.40 Å². The Morgan fingerprint density at radius 1 is 1.25 bits per heavy atom. The Morgan fingerprint density at radius 3 is 2.61 bits per heavy atom. The largest absolute Gasteiger partial charge is 0.511 e. The van der Waals surface area contributed by atoms with Gasteiger partial charge < -0.3 is 15.3 Å². The fourth-order valence-electron chi connectivity index (χ4n) is 6.16. The van der Waals surface area contributed by atoms with Gasteiger partial charge in [-0.25, -0.2) is 8.42 Å². The molecule has 1 aromatic rings. The molecule has 2 bridgehead atoms. The number of amides is 1. The second-order valence-electron chi connectivity index (χ2n) is 10.7. The third-order valence-corrected chi connectivity index (χ3v) is 10.6. The first-order chi connectivity index (χ1) is 16.8. The number of sulfonamides is 2. The number of benzene rings is 1. The van der Waals surface area contributed by atoms with E-state index in [1.165, 1.54) is 25.2 Å². The average molecular weight is 537 g/mol. The van der Waals surface area contributed by atoms with E-state index in [4.69, 9.17) is 0 Å². The van der Waals surface area contributed by atoms with Crippen LogP contribution in [0.3, 0.4) is 0 Å². The van der Waals surface area contributed by atoms with Gasteiger partial charge in [-0.3, -0.25) is 9.10 Å². The molecule has 0 radical (unpaired) electrons. The van der Waals surface area contributed by atoms with Crippen LogP contribution in [0.1, 0.15) is 39.5 Å². The number of carbonyl (C=O) groups is 1. The number of amidine groups is 1. The molecule has 0 aromatic heterocycles. The van der Waals surface area contributed by atoms with Gasteiger partial charge >= 0.3 is 0 Å². The molecule has 2 N–H and O–H groups in total. The highest BCUT2D eigenvalue weighted by molar-refractivity contribution is 7.92. The van der Waals surface area contributed by atoms with Crippen molar-refractivity contribution in [2.24, 2.45) is 28.1 Å². The van der Waals surface area contributed by atoms with Crippen LogP contribution in [-0.2, 0) is 24.8 Å². The molecule has 2 fully saturated rings.